The minimum atomic E-state index is -0.408. The van der Waals surface area contributed by atoms with E-state index >= 15 is 0 Å². The average Bonchev–Trinajstić information content (AvgIpc) is 2.45. The quantitative estimate of drug-likeness (QED) is 0.825. The first-order chi connectivity index (χ1) is 9.65. The summed E-state index contributed by atoms with van der Waals surface area (Å²) in [5.41, 5.74) is 3.37. The molecule has 1 N–H and O–H groups in total. The summed E-state index contributed by atoms with van der Waals surface area (Å²) >= 11 is 0. The van der Waals surface area contributed by atoms with Crippen LogP contribution in [-0.2, 0) is 0 Å². The van der Waals surface area contributed by atoms with Gasteiger partial charge in [-0.05, 0) is 49.3 Å². The number of aliphatic hydroxyl groups excluding tert-OH is 1. The maximum absolute atomic E-state index is 10.8. The predicted octanol–water partition coefficient (Wildman–Crippen LogP) is 4.26. The molecule has 0 amide bonds. The lowest BCUT2D eigenvalue weighted by molar-refractivity contribution is 0.0945. The summed E-state index contributed by atoms with van der Waals surface area (Å²) < 4.78 is 0. The first-order valence-electron chi connectivity index (χ1n) is 7.34. The second-order valence-corrected chi connectivity index (χ2v) is 6.05. The fourth-order valence-corrected chi connectivity index (χ4v) is 3.48. The number of benzene rings is 1. The van der Waals surface area contributed by atoms with Gasteiger partial charge >= 0.3 is 0 Å². The highest BCUT2D eigenvalue weighted by molar-refractivity contribution is 5.82. The molecule has 0 bridgehead atoms. The SMILES string of the molecule is CC1=CC(C)CC(C(O)c2cccc3ncccc23)C1. The Morgan fingerprint density at radius 2 is 2.10 bits per heavy atom. The fourth-order valence-electron chi connectivity index (χ4n) is 3.48. The zero-order valence-corrected chi connectivity index (χ0v) is 12.1. The van der Waals surface area contributed by atoms with Gasteiger partial charge in [0, 0.05) is 11.6 Å². The van der Waals surface area contributed by atoms with E-state index in [9.17, 15) is 5.11 Å². The second kappa shape index (κ2) is 5.37. The molecule has 1 heterocycles. The molecule has 1 aromatic heterocycles. The minimum absolute atomic E-state index is 0.306. The van der Waals surface area contributed by atoms with Crippen molar-refractivity contribution in [2.45, 2.75) is 32.8 Å². The third-order valence-corrected chi connectivity index (χ3v) is 4.27. The lowest BCUT2D eigenvalue weighted by Gasteiger charge is -2.30. The van der Waals surface area contributed by atoms with Gasteiger partial charge in [0.1, 0.15) is 0 Å². The second-order valence-electron chi connectivity index (χ2n) is 6.05. The van der Waals surface area contributed by atoms with Gasteiger partial charge in [0.05, 0.1) is 11.6 Å². The van der Waals surface area contributed by atoms with Crippen molar-refractivity contribution in [1.29, 1.82) is 0 Å². The molecule has 104 valence electrons. The van der Waals surface area contributed by atoms with Gasteiger partial charge in [-0.15, -0.1) is 0 Å². The molecule has 3 unspecified atom stereocenters. The van der Waals surface area contributed by atoms with Crippen LogP contribution in [0.5, 0.6) is 0 Å². The monoisotopic (exact) mass is 267 g/mol. The lowest BCUT2D eigenvalue weighted by Crippen LogP contribution is -2.19. The van der Waals surface area contributed by atoms with Crippen LogP contribution < -0.4 is 0 Å². The van der Waals surface area contributed by atoms with E-state index in [1.807, 2.05) is 24.3 Å². The number of aromatic nitrogens is 1. The van der Waals surface area contributed by atoms with Crippen LogP contribution in [0.15, 0.2) is 48.2 Å². The number of pyridine rings is 1. The average molecular weight is 267 g/mol. The molecule has 0 saturated heterocycles. The zero-order chi connectivity index (χ0) is 14.1. The summed E-state index contributed by atoms with van der Waals surface area (Å²) in [4.78, 5) is 4.38. The Kier molecular flexibility index (Phi) is 3.58. The molecule has 3 rings (SSSR count). The smallest absolute Gasteiger partial charge is 0.0828 e. The molecule has 0 saturated carbocycles. The summed E-state index contributed by atoms with van der Waals surface area (Å²) in [7, 11) is 0. The van der Waals surface area contributed by atoms with E-state index < -0.39 is 6.10 Å². The molecule has 0 spiro atoms. The van der Waals surface area contributed by atoms with Crippen LogP contribution in [0.25, 0.3) is 10.9 Å². The molecule has 20 heavy (non-hydrogen) atoms. The third-order valence-electron chi connectivity index (χ3n) is 4.27. The van der Waals surface area contributed by atoms with E-state index in [4.69, 9.17) is 0 Å². The van der Waals surface area contributed by atoms with Crippen molar-refractivity contribution < 1.29 is 5.11 Å². The summed E-state index contributed by atoms with van der Waals surface area (Å²) in [6.07, 6.45) is 5.76. The van der Waals surface area contributed by atoms with Crippen LogP contribution >= 0.6 is 0 Å². The summed E-state index contributed by atoms with van der Waals surface area (Å²) in [5.74, 6) is 0.859. The van der Waals surface area contributed by atoms with E-state index in [-0.39, 0.29) is 0 Å². The van der Waals surface area contributed by atoms with Gasteiger partial charge in [0.15, 0.2) is 0 Å². The standard InChI is InChI=1S/C18H21NO/c1-12-9-13(2)11-14(10-12)18(20)16-5-3-7-17-15(16)6-4-8-19-17/h3-9,12,14,18,20H,10-11H2,1-2H3. The zero-order valence-electron chi connectivity index (χ0n) is 12.1. The first kappa shape index (κ1) is 13.3. The maximum Gasteiger partial charge on any atom is 0.0828 e. The molecular formula is C18H21NO. The van der Waals surface area contributed by atoms with Crippen LogP contribution in [-0.4, -0.2) is 10.1 Å². The largest absolute Gasteiger partial charge is 0.388 e. The Morgan fingerprint density at radius 1 is 1.25 bits per heavy atom. The molecule has 1 aliphatic carbocycles. The van der Waals surface area contributed by atoms with E-state index in [0.717, 1.165) is 29.3 Å². The van der Waals surface area contributed by atoms with Crippen LogP contribution in [0.3, 0.4) is 0 Å². The Bertz CT molecular complexity index is 641. The number of fused-ring (bicyclic) bond motifs is 1. The fraction of sp³-hybridized carbons (Fsp3) is 0.389. The molecule has 0 fully saturated rings. The van der Waals surface area contributed by atoms with Crippen molar-refractivity contribution in [3.05, 3.63) is 53.7 Å². The van der Waals surface area contributed by atoms with Crippen LogP contribution in [0.2, 0.25) is 0 Å². The normalized spacial score (nSPS) is 24.4. The molecule has 0 aliphatic heterocycles. The molecular weight excluding hydrogens is 246 g/mol. The van der Waals surface area contributed by atoms with Crippen LogP contribution in [0.1, 0.15) is 38.4 Å². The molecule has 2 heteroatoms. The van der Waals surface area contributed by atoms with Gasteiger partial charge < -0.3 is 5.11 Å². The minimum Gasteiger partial charge on any atom is -0.388 e. The highest BCUT2D eigenvalue weighted by Crippen LogP contribution is 2.38. The molecule has 2 aromatic rings. The molecule has 2 nitrogen and oxygen atoms in total. The van der Waals surface area contributed by atoms with Crippen molar-refractivity contribution >= 4 is 10.9 Å². The van der Waals surface area contributed by atoms with Crippen molar-refractivity contribution in [3.63, 3.8) is 0 Å². The maximum atomic E-state index is 10.8. The van der Waals surface area contributed by atoms with Gasteiger partial charge in [-0.25, -0.2) is 0 Å². The van der Waals surface area contributed by atoms with Gasteiger partial charge in [-0.2, -0.15) is 0 Å². The molecule has 1 aromatic carbocycles. The van der Waals surface area contributed by atoms with Gasteiger partial charge in [-0.1, -0.05) is 36.8 Å². The van der Waals surface area contributed by atoms with E-state index in [0.29, 0.717) is 11.8 Å². The summed E-state index contributed by atoms with van der Waals surface area (Å²) in [5, 5.41) is 11.9. The van der Waals surface area contributed by atoms with E-state index in [1.54, 1.807) is 6.20 Å². The Labute approximate surface area is 120 Å². The first-order valence-corrected chi connectivity index (χ1v) is 7.34. The van der Waals surface area contributed by atoms with Crippen molar-refractivity contribution in [3.8, 4) is 0 Å². The van der Waals surface area contributed by atoms with E-state index in [1.165, 1.54) is 5.57 Å². The number of rotatable bonds is 2. The summed E-state index contributed by atoms with van der Waals surface area (Å²) in [6.45, 7) is 4.40. The Morgan fingerprint density at radius 3 is 2.90 bits per heavy atom. The molecule has 1 aliphatic rings. The van der Waals surface area contributed by atoms with Crippen LogP contribution in [0, 0.1) is 11.8 Å². The van der Waals surface area contributed by atoms with Crippen molar-refractivity contribution in [2.75, 3.05) is 0 Å². The lowest BCUT2D eigenvalue weighted by atomic mass is 9.78. The third kappa shape index (κ3) is 2.48. The highest BCUT2D eigenvalue weighted by atomic mass is 16.3. The number of allylic oxidation sites excluding steroid dienone is 2. The van der Waals surface area contributed by atoms with Gasteiger partial charge in [-0.3, -0.25) is 4.98 Å². The Balaban J connectivity index is 1.97. The van der Waals surface area contributed by atoms with Crippen molar-refractivity contribution in [1.82, 2.24) is 4.98 Å². The number of nitrogens with zero attached hydrogens (tertiary/aromatic N) is 1. The van der Waals surface area contributed by atoms with Crippen LogP contribution in [0.4, 0.5) is 0 Å². The van der Waals surface area contributed by atoms with Gasteiger partial charge in [0.25, 0.3) is 0 Å². The predicted molar refractivity (Wildman–Crippen MR) is 82.3 cm³/mol. The topological polar surface area (TPSA) is 33.1 Å². The highest BCUT2D eigenvalue weighted by Gasteiger charge is 2.26. The number of hydrogen-bond donors (Lipinski definition) is 1. The number of hydrogen-bond acceptors (Lipinski definition) is 2. The van der Waals surface area contributed by atoms with E-state index in [2.05, 4.69) is 31.0 Å². The number of aliphatic hydroxyl groups is 1. The molecule has 3 atom stereocenters. The van der Waals surface area contributed by atoms with Crippen molar-refractivity contribution in [2.24, 2.45) is 11.8 Å². The van der Waals surface area contributed by atoms with Gasteiger partial charge in [0.2, 0.25) is 0 Å². The summed E-state index contributed by atoms with van der Waals surface area (Å²) in [6, 6.07) is 10.0. The Hall–Kier alpha value is -1.67. The molecule has 0 radical (unpaired) electrons.